The van der Waals surface area contributed by atoms with Gasteiger partial charge in [-0.3, -0.25) is 9.88 Å². The molecule has 3 nitrogen and oxygen atoms in total. The van der Waals surface area contributed by atoms with E-state index in [0.717, 1.165) is 47.2 Å². The highest BCUT2D eigenvalue weighted by Gasteiger charge is 2.10. The molecule has 1 fully saturated rings. The number of fused-ring (bicyclic) bond motifs is 1. The van der Waals surface area contributed by atoms with Crippen LogP contribution in [0.2, 0.25) is 0 Å². The van der Waals surface area contributed by atoms with Gasteiger partial charge in [0.05, 0.1) is 12.1 Å². The molecule has 0 atom stereocenters. The zero-order valence-electron chi connectivity index (χ0n) is 15.5. The molecule has 0 aliphatic carbocycles. The third-order valence-electron chi connectivity index (χ3n) is 5.14. The molecule has 0 spiro atoms. The maximum atomic E-state index is 10.8. The molecular formula is C24H24N2O. The van der Waals surface area contributed by atoms with Crippen LogP contribution in [-0.2, 0) is 6.42 Å². The number of likely N-dealkylation sites (tertiary alicyclic amines) is 1. The van der Waals surface area contributed by atoms with Crippen LogP contribution in [0.15, 0.2) is 54.7 Å². The van der Waals surface area contributed by atoms with E-state index in [2.05, 4.69) is 33.9 Å². The molecule has 1 aliphatic rings. The zero-order valence-corrected chi connectivity index (χ0v) is 15.5. The van der Waals surface area contributed by atoms with E-state index in [4.69, 9.17) is 0 Å². The Morgan fingerprint density at radius 2 is 1.81 bits per heavy atom. The van der Waals surface area contributed by atoms with Crippen molar-refractivity contribution in [3.8, 4) is 17.6 Å². The lowest BCUT2D eigenvalue weighted by Crippen LogP contribution is -2.29. The summed E-state index contributed by atoms with van der Waals surface area (Å²) in [4.78, 5) is 6.93. The topological polar surface area (TPSA) is 36.4 Å². The van der Waals surface area contributed by atoms with E-state index in [1.807, 2.05) is 36.4 Å². The minimum atomic E-state index is 0.309. The van der Waals surface area contributed by atoms with Crippen molar-refractivity contribution in [2.75, 3.05) is 19.6 Å². The van der Waals surface area contributed by atoms with Crippen LogP contribution in [0.25, 0.3) is 10.9 Å². The fraction of sp³-hybridized carbons (Fsp3) is 0.292. The smallest absolute Gasteiger partial charge is 0.130 e. The Morgan fingerprint density at radius 3 is 2.63 bits per heavy atom. The van der Waals surface area contributed by atoms with Crippen molar-refractivity contribution in [2.24, 2.45) is 0 Å². The Kier molecular flexibility index (Phi) is 5.37. The summed E-state index contributed by atoms with van der Waals surface area (Å²) in [7, 11) is 0. The average Bonchev–Trinajstić information content (AvgIpc) is 2.72. The summed E-state index contributed by atoms with van der Waals surface area (Å²) < 4.78 is 0. The third-order valence-corrected chi connectivity index (χ3v) is 5.14. The van der Waals surface area contributed by atoms with Gasteiger partial charge in [0.25, 0.3) is 0 Å². The number of hydrogen-bond acceptors (Lipinski definition) is 3. The van der Waals surface area contributed by atoms with E-state index in [0.29, 0.717) is 12.2 Å². The Balaban J connectivity index is 1.56. The van der Waals surface area contributed by atoms with E-state index in [1.165, 1.54) is 19.3 Å². The van der Waals surface area contributed by atoms with Gasteiger partial charge in [-0.2, -0.15) is 0 Å². The first-order valence-corrected chi connectivity index (χ1v) is 9.65. The molecule has 1 aliphatic heterocycles. The third kappa shape index (κ3) is 4.30. The highest BCUT2D eigenvalue weighted by molar-refractivity contribution is 5.87. The number of aromatic hydroxyl groups is 1. The van der Waals surface area contributed by atoms with Crippen LogP contribution in [0.5, 0.6) is 5.75 Å². The number of aromatic nitrogens is 1. The molecule has 0 unspecified atom stereocenters. The molecule has 1 saturated heterocycles. The Labute approximate surface area is 160 Å². The van der Waals surface area contributed by atoms with Crippen LogP contribution in [-0.4, -0.2) is 34.6 Å². The van der Waals surface area contributed by atoms with E-state index < -0.39 is 0 Å². The van der Waals surface area contributed by atoms with Crippen LogP contribution >= 0.6 is 0 Å². The number of benzene rings is 2. The van der Waals surface area contributed by atoms with Crippen LogP contribution in [0.3, 0.4) is 0 Å². The number of hydrogen-bond donors (Lipinski definition) is 1. The number of piperidine rings is 1. The van der Waals surface area contributed by atoms with Gasteiger partial charge >= 0.3 is 0 Å². The minimum Gasteiger partial charge on any atom is -0.507 e. The molecule has 0 saturated carbocycles. The summed E-state index contributed by atoms with van der Waals surface area (Å²) >= 11 is 0. The first-order valence-electron chi connectivity index (χ1n) is 9.65. The van der Waals surface area contributed by atoms with Gasteiger partial charge in [0.1, 0.15) is 5.75 Å². The lowest BCUT2D eigenvalue weighted by atomic mass is 10.0. The van der Waals surface area contributed by atoms with Crippen LogP contribution in [0, 0.1) is 11.8 Å². The van der Waals surface area contributed by atoms with Gasteiger partial charge in [-0.05, 0) is 49.7 Å². The van der Waals surface area contributed by atoms with E-state index in [1.54, 1.807) is 6.20 Å². The van der Waals surface area contributed by atoms with Crippen molar-refractivity contribution in [1.29, 1.82) is 0 Å². The second-order valence-electron chi connectivity index (χ2n) is 7.16. The maximum Gasteiger partial charge on any atom is 0.130 e. The highest BCUT2D eigenvalue weighted by atomic mass is 16.3. The fourth-order valence-electron chi connectivity index (χ4n) is 3.61. The van der Waals surface area contributed by atoms with Crippen molar-refractivity contribution in [3.63, 3.8) is 0 Å². The predicted octanol–water partition coefficient (Wildman–Crippen LogP) is 4.37. The van der Waals surface area contributed by atoms with Crippen LogP contribution in [0.1, 0.15) is 36.0 Å². The van der Waals surface area contributed by atoms with Crippen molar-refractivity contribution in [2.45, 2.75) is 25.7 Å². The Hall–Kier alpha value is -2.83. The molecule has 27 heavy (non-hydrogen) atoms. The summed E-state index contributed by atoms with van der Waals surface area (Å²) in [6, 6.07) is 16.0. The minimum absolute atomic E-state index is 0.309. The summed E-state index contributed by atoms with van der Waals surface area (Å²) in [5.74, 6) is 6.84. The van der Waals surface area contributed by atoms with Gasteiger partial charge in [0.2, 0.25) is 0 Å². The van der Waals surface area contributed by atoms with Crippen LogP contribution < -0.4 is 0 Å². The number of rotatable bonds is 3. The monoisotopic (exact) mass is 356 g/mol. The van der Waals surface area contributed by atoms with Gasteiger partial charge < -0.3 is 5.11 Å². The molecule has 3 aromatic rings. The Morgan fingerprint density at radius 1 is 1.00 bits per heavy atom. The summed E-state index contributed by atoms with van der Waals surface area (Å²) in [6.45, 7) is 3.12. The molecule has 1 aromatic heterocycles. The zero-order chi connectivity index (χ0) is 18.5. The summed E-state index contributed by atoms with van der Waals surface area (Å²) in [5.41, 5.74) is 3.72. The summed E-state index contributed by atoms with van der Waals surface area (Å²) in [5, 5.41) is 11.5. The quantitative estimate of drug-likeness (QED) is 0.708. The molecule has 0 amide bonds. The molecule has 0 bridgehead atoms. The van der Waals surface area contributed by atoms with Crippen molar-refractivity contribution in [3.05, 3.63) is 71.4 Å². The van der Waals surface area contributed by atoms with Gasteiger partial charge in [-0.25, -0.2) is 0 Å². The average molecular weight is 356 g/mol. The van der Waals surface area contributed by atoms with Crippen molar-refractivity contribution >= 4 is 10.9 Å². The number of nitrogens with zero attached hydrogens (tertiary/aromatic N) is 2. The molecule has 4 rings (SSSR count). The predicted molar refractivity (Wildman–Crippen MR) is 110 cm³/mol. The highest BCUT2D eigenvalue weighted by Crippen LogP contribution is 2.29. The van der Waals surface area contributed by atoms with E-state index >= 15 is 0 Å². The van der Waals surface area contributed by atoms with Crippen molar-refractivity contribution < 1.29 is 5.11 Å². The molecule has 1 N–H and O–H groups in total. The molecule has 2 aromatic carbocycles. The lowest BCUT2D eigenvalue weighted by molar-refractivity contribution is 0.255. The second kappa shape index (κ2) is 8.24. The normalized spacial score (nSPS) is 14.7. The van der Waals surface area contributed by atoms with Gasteiger partial charge in [0, 0.05) is 29.1 Å². The van der Waals surface area contributed by atoms with Crippen molar-refractivity contribution in [1.82, 2.24) is 9.88 Å². The Bertz CT molecular complexity index is 980. The van der Waals surface area contributed by atoms with Gasteiger partial charge in [-0.1, -0.05) is 48.6 Å². The van der Waals surface area contributed by atoms with Crippen LogP contribution in [0.4, 0.5) is 0 Å². The van der Waals surface area contributed by atoms with E-state index in [9.17, 15) is 5.11 Å². The maximum absolute atomic E-state index is 10.8. The largest absolute Gasteiger partial charge is 0.507 e. The second-order valence-corrected chi connectivity index (χ2v) is 7.16. The fourth-order valence-corrected chi connectivity index (χ4v) is 3.61. The van der Waals surface area contributed by atoms with Gasteiger partial charge in [0.15, 0.2) is 0 Å². The summed E-state index contributed by atoms with van der Waals surface area (Å²) in [6.07, 6.45) is 6.34. The molecule has 3 heteroatoms. The molecule has 136 valence electrons. The SMILES string of the molecule is Oc1c(Cc2ccccc2)cnc2ccc(C#CCN3CCCCC3)cc12. The van der Waals surface area contributed by atoms with E-state index in [-0.39, 0.29) is 0 Å². The first-order chi connectivity index (χ1) is 13.3. The molecule has 2 heterocycles. The van der Waals surface area contributed by atoms with Gasteiger partial charge in [-0.15, -0.1) is 0 Å². The lowest BCUT2D eigenvalue weighted by Gasteiger charge is -2.23. The molecular weight excluding hydrogens is 332 g/mol. The first kappa shape index (κ1) is 17.6. The molecule has 0 radical (unpaired) electrons. The standard InChI is InChI=1S/C24H24N2O/c27-24-21(16-19-8-3-1-4-9-19)18-25-23-12-11-20(17-22(23)24)10-7-15-26-13-5-2-6-14-26/h1,3-4,8-9,11-12,17-18H,2,5-6,13-16H2,(H,25,27). The number of pyridine rings is 1.